The summed E-state index contributed by atoms with van der Waals surface area (Å²) in [5, 5.41) is 11.2. The third-order valence-corrected chi connectivity index (χ3v) is 3.42. The molecule has 0 heterocycles. The van der Waals surface area contributed by atoms with Gasteiger partial charge < -0.3 is 10.5 Å². The quantitative estimate of drug-likeness (QED) is 0.651. The molecule has 0 radical (unpaired) electrons. The van der Waals surface area contributed by atoms with Crippen LogP contribution >= 0.6 is 23.2 Å². The van der Waals surface area contributed by atoms with Crippen LogP contribution < -0.4 is 10.5 Å². The first-order valence-electron chi connectivity index (χ1n) is 6.05. The fourth-order valence-corrected chi connectivity index (χ4v) is 2.13. The SMILES string of the molecule is C[C@@H](N)c1ccc(Oc2ccc([N+](=O)[O-])cc2Cl)c(Cl)c1. The van der Waals surface area contributed by atoms with Crippen LogP contribution in [-0.2, 0) is 0 Å². The van der Waals surface area contributed by atoms with Crippen LogP contribution in [0.4, 0.5) is 5.69 Å². The predicted molar refractivity (Wildman–Crippen MR) is 82.2 cm³/mol. The van der Waals surface area contributed by atoms with E-state index in [9.17, 15) is 10.1 Å². The number of ether oxygens (including phenoxy) is 1. The highest BCUT2D eigenvalue weighted by atomic mass is 35.5. The molecule has 2 rings (SSSR count). The Labute approximate surface area is 131 Å². The van der Waals surface area contributed by atoms with Gasteiger partial charge in [0.1, 0.15) is 11.5 Å². The summed E-state index contributed by atoms with van der Waals surface area (Å²) in [5.41, 5.74) is 6.54. The van der Waals surface area contributed by atoms with Crippen molar-refractivity contribution in [3.05, 3.63) is 62.1 Å². The molecule has 0 aromatic heterocycles. The Morgan fingerprint density at radius 1 is 1.14 bits per heavy atom. The zero-order valence-corrected chi connectivity index (χ0v) is 12.6. The minimum absolute atomic E-state index is 0.106. The molecule has 2 aromatic rings. The highest BCUT2D eigenvalue weighted by Gasteiger charge is 2.13. The van der Waals surface area contributed by atoms with Gasteiger partial charge in [0.15, 0.2) is 0 Å². The van der Waals surface area contributed by atoms with E-state index in [0.717, 1.165) is 5.56 Å². The molecule has 0 saturated carbocycles. The van der Waals surface area contributed by atoms with Crippen LogP contribution in [0, 0.1) is 10.1 Å². The Kier molecular flexibility index (Phi) is 4.67. The number of nitrogens with two attached hydrogens (primary N) is 1. The first kappa shape index (κ1) is 15.6. The van der Waals surface area contributed by atoms with Crippen LogP contribution in [0.5, 0.6) is 11.5 Å². The van der Waals surface area contributed by atoms with E-state index in [2.05, 4.69) is 0 Å². The molecule has 0 aliphatic heterocycles. The second-order valence-corrected chi connectivity index (χ2v) is 5.27. The van der Waals surface area contributed by atoms with E-state index < -0.39 is 4.92 Å². The van der Waals surface area contributed by atoms with Crippen molar-refractivity contribution in [3.63, 3.8) is 0 Å². The summed E-state index contributed by atoms with van der Waals surface area (Å²) >= 11 is 12.1. The lowest BCUT2D eigenvalue weighted by Crippen LogP contribution is -2.04. The molecule has 5 nitrogen and oxygen atoms in total. The molecule has 2 aromatic carbocycles. The summed E-state index contributed by atoms with van der Waals surface area (Å²) in [6.07, 6.45) is 0. The number of hydrogen-bond acceptors (Lipinski definition) is 4. The Morgan fingerprint density at radius 2 is 1.71 bits per heavy atom. The number of non-ortho nitro benzene ring substituents is 1. The zero-order chi connectivity index (χ0) is 15.6. The second-order valence-electron chi connectivity index (χ2n) is 4.45. The first-order valence-corrected chi connectivity index (χ1v) is 6.81. The van der Waals surface area contributed by atoms with E-state index in [-0.39, 0.29) is 22.5 Å². The topological polar surface area (TPSA) is 78.4 Å². The summed E-state index contributed by atoms with van der Waals surface area (Å²) in [4.78, 5) is 10.1. The lowest BCUT2D eigenvalue weighted by Gasteiger charge is -2.11. The van der Waals surface area contributed by atoms with Gasteiger partial charge in [-0.2, -0.15) is 0 Å². The lowest BCUT2D eigenvalue weighted by atomic mass is 10.1. The molecule has 0 aliphatic carbocycles. The van der Waals surface area contributed by atoms with Crippen LogP contribution in [0.2, 0.25) is 10.0 Å². The monoisotopic (exact) mass is 326 g/mol. The fourth-order valence-electron chi connectivity index (χ4n) is 1.69. The molecule has 0 fully saturated rings. The van der Waals surface area contributed by atoms with Crippen LogP contribution in [0.15, 0.2) is 36.4 Å². The summed E-state index contributed by atoms with van der Waals surface area (Å²) in [6, 6.07) is 9.01. The van der Waals surface area contributed by atoms with E-state index in [0.29, 0.717) is 10.8 Å². The Morgan fingerprint density at radius 3 is 2.19 bits per heavy atom. The van der Waals surface area contributed by atoms with Gasteiger partial charge in [0.2, 0.25) is 0 Å². The third-order valence-electron chi connectivity index (χ3n) is 2.83. The maximum absolute atomic E-state index is 10.7. The average Bonchev–Trinajstić information content (AvgIpc) is 2.42. The van der Waals surface area contributed by atoms with Gasteiger partial charge in [0.05, 0.1) is 15.0 Å². The van der Waals surface area contributed by atoms with Gasteiger partial charge in [0.25, 0.3) is 5.69 Å². The normalized spacial score (nSPS) is 12.0. The standard InChI is InChI=1S/C14H12Cl2N2O3/c1-8(17)9-2-4-13(11(15)6-9)21-14-5-3-10(18(19)20)7-12(14)16/h2-8H,17H2,1H3/t8-/m1/s1. The maximum Gasteiger partial charge on any atom is 0.271 e. The van der Waals surface area contributed by atoms with Gasteiger partial charge in [-0.25, -0.2) is 0 Å². The van der Waals surface area contributed by atoms with Crippen molar-refractivity contribution >= 4 is 28.9 Å². The number of nitro benzene ring substituents is 1. The van der Waals surface area contributed by atoms with Gasteiger partial charge in [-0.05, 0) is 30.7 Å². The number of halogens is 2. The Balaban J connectivity index is 2.28. The Hall–Kier alpha value is -1.82. The smallest absolute Gasteiger partial charge is 0.271 e. The number of rotatable bonds is 4. The lowest BCUT2D eigenvalue weighted by molar-refractivity contribution is -0.384. The molecule has 0 unspecified atom stereocenters. The van der Waals surface area contributed by atoms with Gasteiger partial charge in [-0.1, -0.05) is 29.3 Å². The van der Waals surface area contributed by atoms with Crippen molar-refractivity contribution in [3.8, 4) is 11.5 Å². The van der Waals surface area contributed by atoms with Crippen LogP contribution in [0.25, 0.3) is 0 Å². The van der Waals surface area contributed by atoms with E-state index in [1.165, 1.54) is 18.2 Å². The van der Waals surface area contributed by atoms with Crippen LogP contribution in [0.1, 0.15) is 18.5 Å². The first-order chi connectivity index (χ1) is 9.88. The van der Waals surface area contributed by atoms with Gasteiger partial charge >= 0.3 is 0 Å². The van der Waals surface area contributed by atoms with E-state index in [1.807, 2.05) is 6.92 Å². The van der Waals surface area contributed by atoms with Crippen molar-refractivity contribution in [1.29, 1.82) is 0 Å². The zero-order valence-electron chi connectivity index (χ0n) is 11.0. The Bertz CT molecular complexity index is 690. The molecule has 0 spiro atoms. The molecule has 0 saturated heterocycles. The highest BCUT2D eigenvalue weighted by Crippen LogP contribution is 2.36. The summed E-state index contributed by atoms with van der Waals surface area (Å²) in [7, 11) is 0. The summed E-state index contributed by atoms with van der Waals surface area (Å²) < 4.78 is 5.58. The molecule has 110 valence electrons. The average molecular weight is 327 g/mol. The van der Waals surface area contributed by atoms with Crippen molar-refractivity contribution in [1.82, 2.24) is 0 Å². The van der Waals surface area contributed by atoms with Crippen molar-refractivity contribution in [2.45, 2.75) is 13.0 Å². The largest absolute Gasteiger partial charge is 0.454 e. The highest BCUT2D eigenvalue weighted by molar-refractivity contribution is 6.33. The molecule has 21 heavy (non-hydrogen) atoms. The predicted octanol–water partition coefficient (Wildman–Crippen LogP) is 4.71. The maximum atomic E-state index is 10.7. The van der Waals surface area contributed by atoms with E-state index in [4.69, 9.17) is 33.7 Å². The van der Waals surface area contributed by atoms with Crippen molar-refractivity contribution < 1.29 is 9.66 Å². The number of benzene rings is 2. The van der Waals surface area contributed by atoms with Gasteiger partial charge in [-0.3, -0.25) is 10.1 Å². The molecular weight excluding hydrogens is 315 g/mol. The molecular formula is C14H12Cl2N2O3. The van der Waals surface area contributed by atoms with E-state index >= 15 is 0 Å². The van der Waals surface area contributed by atoms with E-state index in [1.54, 1.807) is 18.2 Å². The number of nitrogens with zero attached hydrogens (tertiary/aromatic N) is 1. The molecule has 2 N–H and O–H groups in total. The van der Waals surface area contributed by atoms with Crippen molar-refractivity contribution in [2.24, 2.45) is 5.73 Å². The molecule has 0 bridgehead atoms. The van der Waals surface area contributed by atoms with Crippen LogP contribution in [-0.4, -0.2) is 4.92 Å². The number of hydrogen-bond donors (Lipinski definition) is 1. The molecule has 0 aliphatic rings. The van der Waals surface area contributed by atoms with Gasteiger partial charge in [-0.15, -0.1) is 0 Å². The second kappa shape index (κ2) is 6.30. The third kappa shape index (κ3) is 3.64. The minimum Gasteiger partial charge on any atom is -0.454 e. The fraction of sp³-hybridized carbons (Fsp3) is 0.143. The molecule has 1 atom stereocenters. The molecule has 0 amide bonds. The molecule has 7 heteroatoms. The summed E-state index contributed by atoms with van der Waals surface area (Å²) in [6.45, 7) is 1.85. The van der Waals surface area contributed by atoms with Crippen LogP contribution in [0.3, 0.4) is 0 Å². The minimum atomic E-state index is -0.528. The van der Waals surface area contributed by atoms with Crippen molar-refractivity contribution in [2.75, 3.05) is 0 Å². The summed E-state index contributed by atoms with van der Waals surface area (Å²) in [5.74, 6) is 0.689. The van der Waals surface area contributed by atoms with Gasteiger partial charge in [0, 0.05) is 18.2 Å². The number of nitro groups is 1.